The van der Waals surface area contributed by atoms with E-state index in [9.17, 15) is 0 Å². The lowest BCUT2D eigenvalue weighted by molar-refractivity contribution is -0.311. The molecule has 1 fully saturated rings. The summed E-state index contributed by atoms with van der Waals surface area (Å²) < 4.78 is 14.7. The average molecular weight is 328 g/mol. The monoisotopic (exact) mass is 328 g/mol. The zero-order valence-electron chi connectivity index (χ0n) is 15.0. The molecule has 0 bridgehead atoms. The van der Waals surface area contributed by atoms with Crippen LogP contribution in [-0.4, -0.2) is 22.8 Å². The highest BCUT2D eigenvalue weighted by Gasteiger charge is 2.41. The van der Waals surface area contributed by atoms with E-state index >= 15 is 0 Å². The molecule has 24 heavy (non-hydrogen) atoms. The van der Waals surface area contributed by atoms with Gasteiger partial charge in [0, 0.05) is 36.3 Å². The van der Waals surface area contributed by atoms with Crippen molar-refractivity contribution in [3.63, 3.8) is 0 Å². The second kappa shape index (κ2) is 7.08. The predicted octanol–water partition coefficient (Wildman–Crippen LogP) is 4.29. The summed E-state index contributed by atoms with van der Waals surface area (Å²) in [5.74, 6) is -0.599. The molecule has 0 spiro atoms. The Morgan fingerprint density at radius 1 is 1.08 bits per heavy atom. The van der Waals surface area contributed by atoms with Crippen LogP contribution in [-0.2, 0) is 21.8 Å². The summed E-state index contributed by atoms with van der Waals surface area (Å²) in [5.41, 5.74) is 2.46. The number of hydrogen-bond acceptors (Lipinski definition) is 3. The minimum absolute atomic E-state index is 0.0744. The summed E-state index contributed by atoms with van der Waals surface area (Å²) in [6.07, 6.45) is 8.70. The molecular formula is C20H28N2O2. The Labute approximate surface area is 144 Å². The fraction of sp³-hybridized carbons (Fsp3) is 0.550. The molecule has 1 aliphatic rings. The first-order valence-corrected chi connectivity index (χ1v) is 8.80. The van der Waals surface area contributed by atoms with E-state index in [0.29, 0.717) is 0 Å². The SMILES string of the molecule is Cc1ccc(C2(CCCCn3ccnc3)OCC(C)(C)CO2)cc1. The van der Waals surface area contributed by atoms with E-state index < -0.39 is 5.79 Å². The van der Waals surface area contributed by atoms with Gasteiger partial charge < -0.3 is 14.0 Å². The number of benzene rings is 1. The van der Waals surface area contributed by atoms with E-state index in [0.717, 1.165) is 44.6 Å². The Morgan fingerprint density at radius 3 is 2.42 bits per heavy atom. The molecule has 0 unspecified atom stereocenters. The maximum atomic E-state index is 6.30. The standard InChI is InChI=1S/C20H28N2O2/c1-17-6-8-18(9-7-17)20(23-14-19(2,3)15-24-20)10-4-5-12-22-13-11-21-16-22/h6-9,11,13,16H,4-5,10,12,14-15H2,1-3H3. The second-order valence-corrected chi connectivity index (χ2v) is 7.62. The van der Waals surface area contributed by atoms with Gasteiger partial charge >= 0.3 is 0 Å². The van der Waals surface area contributed by atoms with Crippen LogP contribution in [0.1, 0.15) is 44.2 Å². The van der Waals surface area contributed by atoms with Crippen LogP contribution >= 0.6 is 0 Å². The van der Waals surface area contributed by atoms with Gasteiger partial charge in [0.2, 0.25) is 0 Å². The van der Waals surface area contributed by atoms with Crippen molar-refractivity contribution in [3.8, 4) is 0 Å². The van der Waals surface area contributed by atoms with Gasteiger partial charge in [-0.15, -0.1) is 0 Å². The third kappa shape index (κ3) is 4.05. The maximum Gasteiger partial charge on any atom is 0.194 e. The molecule has 0 saturated carbocycles. The molecular weight excluding hydrogens is 300 g/mol. The fourth-order valence-corrected chi connectivity index (χ4v) is 3.04. The van der Waals surface area contributed by atoms with E-state index in [1.54, 1.807) is 0 Å². The Bertz CT molecular complexity index is 622. The summed E-state index contributed by atoms with van der Waals surface area (Å²) in [7, 11) is 0. The zero-order chi connectivity index (χ0) is 17.0. The average Bonchev–Trinajstić information content (AvgIpc) is 3.08. The van der Waals surface area contributed by atoms with Crippen molar-refractivity contribution < 1.29 is 9.47 Å². The van der Waals surface area contributed by atoms with Crippen molar-refractivity contribution in [1.82, 2.24) is 9.55 Å². The van der Waals surface area contributed by atoms with Gasteiger partial charge in [0.05, 0.1) is 19.5 Å². The topological polar surface area (TPSA) is 36.3 Å². The first-order chi connectivity index (χ1) is 11.5. The molecule has 0 amide bonds. The van der Waals surface area contributed by atoms with E-state index in [2.05, 4.69) is 54.6 Å². The fourth-order valence-electron chi connectivity index (χ4n) is 3.04. The van der Waals surface area contributed by atoms with Crippen molar-refractivity contribution in [2.45, 2.75) is 52.4 Å². The van der Waals surface area contributed by atoms with Crippen LogP contribution in [0.2, 0.25) is 0 Å². The number of imidazole rings is 1. The number of hydrogen-bond donors (Lipinski definition) is 0. The summed E-state index contributed by atoms with van der Waals surface area (Å²) in [5, 5.41) is 0. The summed E-state index contributed by atoms with van der Waals surface area (Å²) in [6.45, 7) is 8.91. The van der Waals surface area contributed by atoms with Crippen LogP contribution in [0.15, 0.2) is 43.0 Å². The molecule has 3 rings (SSSR count). The van der Waals surface area contributed by atoms with Crippen LogP contribution in [0.5, 0.6) is 0 Å². The van der Waals surface area contributed by atoms with Crippen LogP contribution < -0.4 is 0 Å². The molecule has 130 valence electrons. The lowest BCUT2D eigenvalue weighted by atomic mass is 9.91. The van der Waals surface area contributed by atoms with Gasteiger partial charge in [-0.1, -0.05) is 43.7 Å². The van der Waals surface area contributed by atoms with Gasteiger partial charge in [0.1, 0.15) is 0 Å². The van der Waals surface area contributed by atoms with Crippen LogP contribution in [0.4, 0.5) is 0 Å². The first kappa shape index (κ1) is 17.2. The van der Waals surface area contributed by atoms with E-state index in [-0.39, 0.29) is 5.41 Å². The van der Waals surface area contributed by atoms with Gasteiger partial charge in [0.25, 0.3) is 0 Å². The normalized spacial score (nSPS) is 19.3. The molecule has 1 saturated heterocycles. The number of unbranched alkanes of at least 4 members (excludes halogenated alkanes) is 1. The smallest absolute Gasteiger partial charge is 0.194 e. The zero-order valence-corrected chi connectivity index (χ0v) is 15.0. The first-order valence-electron chi connectivity index (χ1n) is 8.80. The molecule has 4 heteroatoms. The van der Waals surface area contributed by atoms with Gasteiger partial charge in [-0.25, -0.2) is 4.98 Å². The molecule has 0 radical (unpaired) electrons. The lowest BCUT2D eigenvalue weighted by Gasteiger charge is -2.44. The summed E-state index contributed by atoms with van der Waals surface area (Å²) in [4.78, 5) is 4.09. The Balaban J connectivity index is 1.67. The van der Waals surface area contributed by atoms with Crippen molar-refractivity contribution in [3.05, 3.63) is 54.1 Å². The third-order valence-electron chi connectivity index (χ3n) is 4.61. The molecule has 1 aromatic carbocycles. The van der Waals surface area contributed by atoms with Gasteiger partial charge in [-0.05, 0) is 19.8 Å². The van der Waals surface area contributed by atoms with Crippen molar-refractivity contribution in [2.24, 2.45) is 5.41 Å². The third-order valence-corrected chi connectivity index (χ3v) is 4.61. The van der Waals surface area contributed by atoms with Crippen molar-refractivity contribution in [1.29, 1.82) is 0 Å². The van der Waals surface area contributed by atoms with E-state index in [4.69, 9.17) is 9.47 Å². The van der Waals surface area contributed by atoms with Crippen molar-refractivity contribution >= 4 is 0 Å². The number of ether oxygens (including phenoxy) is 2. The number of aryl methyl sites for hydroxylation is 2. The Morgan fingerprint density at radius 2 is 1.79 bits per heavy atom. The molecule has 0 atom stereocenters. The van der Waals surface area contributed by atoms with Crippen molar-refractivity contribution in [2.75, 3.05) is 13.2 Å². The van der Waals surface area contributed by atoms with Crippen LogP contribution in [0, 0.1) is 12.3 Å². The van der Waals surface area contributed by atoms with Gasteiger partial charge in [-0.2, -0.15) is 0 Å². The predicted molar refractivity (Wildman–Crippen MR) is 94.6 cm³/mol. The minimum Gasteiger partial charge on any atom is -0.345 e. The molecule has 1 aliphatic heterocycles. The highest BCUT2D eigenvalue weighted by Crippen LogP contribution is 2.40. The largest absolute Gasteiger partial charge is 0.345 e. The quantitative estimate of drug-likeness (QED) is 0.742. The molecule has 1 aromatic heterocycles. The summed E-state index contributed by atoms with van der Waals surface area (Å²) >= 11 is 0. The molecule has 0 aliphatic carbocycles. The second-order valence-electron chi connectivity index (χ2n) is 7.62. The van der Waals surface area contributed by atoms with Crippen LogP contribution in [0.3, 0.4) is 0 Å². The van der Waals surface area contributed by atoms with E-state index in [1.165, 1.54) is 5.56 Å². The Kier molecular flexibility index (Phi) is 5.07. The van der Waals surface area contributed by atoms with Gasteiger partial charge in [-0.3, -0.25) is 0 Å². The molecule has 2 aromatic rings. The van der Waals surface area contributed by atoms with E-state index in [1.807, 2.05) is 18.7 Å². The number of aromatic nitrogens is 2. The summed E-state index contributed by atoms with van der Waals surface area (Å²) in [6, 6.07) is 8.55. The van der Waals surface area contributed by atoms with Crippen LogP contribution in [0.25, 0.3) is 0 Å². The maximum absolute atomic E-state index is 6.30. The molecule has 2 heterocycles. The highest BCUT2D eigenvalue weighted by molar-refractivity contribution is 5.25. The minimum atomic E-state index is -0.599. The molecule has 4 nitrogen and oxygen atoms in total. The lowest BCUT2D eigenvalue weighted by Crippen LogP contribution is -2.45. The Hall–Kier alpha value is -1.65. The molecule has 0 N–H and O–H groups in total. The number of rotatable bonds is 6. The highest BCUT2D eigenvalue weighted by atomic mass is 16.7. The van der Waals surface area contributed by atoms with Gasteiger partial charge in [0.15, 0.2) is 5.79 Å². The number of nitrogens with zero attached hydrogens (tertiary/aromatic N) is 2.